The van der Waals surface area contributed by atoms with E-state index in [1.807, 2.05) is 0 Å². The Morgan fingerprint density at radius 2 is 1.26 bits per heavy atom. The molecule has 0 aromatic heterocycles. The average molecular weight is 454 g/mol. The van der Waals surface area contributed by atoms with E-state index in [1.165, 1.54) is 0 Å². The van der Waals surface area contributed by atoms with Crippen molar-refractivity contribution in [1.82, 2.24) is 42.5 Å². The summed E-state index contributed by atoms with van der Waals surface area (Å²) in [6, 6.07) is 0. The molecule has 10 heteroatoms. The number of hydrogen-bond donors (Lipinski definition) is 9. The van der Waals surface area contributed by atoms with Gasteiger partial charge in [0.2, 0.25) is 0 Å². The molecule has 178 valence electrons. The van der Waals surface area contributed by atoms with E-state index in [0.29, 0.717) is 5.11 Å². The third kappa shape index (κ3) is 10.9. The van der Waals surface area contributed by atoms with Crippen LogP contribution in [0.3, 0.4) is 0 Å². The van der Waals surface area contributed by atoms with E-state index >= 15 is 0 Å². The molecule has 10 N–H and O–H groups in total. The first-order valence-corrected chi connectivity index (χ1v) is 12.0. The van der Waals surface area contributed by atoms with Gasteiger partial charge in [-0.1, -0.05) is 0 Å². The van der Waals surface area contributed by atoms with Gasteiger partial charge < -0.3 is 48.3 Å². The minimum absolute atomic E-state index is 0.241. The third-order valence-corrected chi connectivity index (χ3v) is 5.92. The molecule has 0 aliphatic carbocycles. The van der Waals surface area contributed by atoms with Gasteiger partial charge >= 0.3 is 0 Å². The Labute approximate surface area is 193 Å². The van der Waals surface area contributed by atoms with Crippen molar-refractivity contribution in [3.8, 4) is 12.3 Å². The van der Waals surface area contributed by atoms with E-state index in [1.54, 1.807) is 0 Å². The molecule has 9 nitrogen and oxygen atoms in total. The maximum atomic E-state index is 6.65. The molecular weight excluding hydrogens is 410 g/mol. The van der Waals surface area contributed by atoms with Crippen LogP contribution in [0.1, 0.15) is 19.3 Å². The molecule has 0 aromatic carbocycles. The quantitative estimate of drug-likeness (QED) is 0.123. The van der Waals surface area contributed by atoms with Crippen molar-refractivity contribution in [2.75, 3.05) is 85.1 Å². The van der Waals surface area contributed by atoms with E-state index in [-0.39, 0.29) is 11.1 Å². The summed E-state index contributed by atoms with van der Waals surface area (Å²) in [5, 5.41) is 29.0. The lowest BCUT2D eigenvalue weighted by atomic mass is 9.98. The van der Waals surface area contributed by atoms with Crippen molar-refractivity contribution in [2.24, 2.45) is 5.73 Å². The van der Waals surface area contributed by atoms with Gasteiger partial charge in [-0.25, -0.2) is 0 Å². The lowest BCUT2D eigenvalue weighted by Gasteiger charge is -2.38. The number of unbranched alkanes of at least 4 members (excludes halogenated alkanes) is 2. The molecule has 3 rings (SSSR count). The molecule has 0 atom stereocenters. The third-order valence-electron chi connectivity index (χ3n) is 5.67. The van der Waals surface area contributed by atoms with Crippen molar-refractivity contribution in [1.29, 1.82) is 0 Å². The van der Waals surface area contributed by atoms with Crippen LogP contribution in [-0.4, -0.2) is 101 Å². The summed E-state index contributed by atoms with van der Waals surface area (Å²) in [6.07, 6.45) is 8.17. The maximum Gasteiger partial charge on any atom is 0.166 e. The molecule has 3 heterocycles. The van der Waals surface area contributed by atoms with Gasteiger partial charge in [-0.2, -0.15) is 0 Å². The molecule has 3 aliphatic heterocycles. The molecule has 3 aliphatic rings. The fourth-order valence-corrected chi connectivity index (χ4v) is 4.19. The molecule has 0 radical (unpaired) electrons. The predicted octanol–water partition coefficient (Wildman–Crippen LogP) is -2.74. The number of terminal acetylenes is 1. The first-order chi connectivity index (χ1) is 15.1. The summed E-state index contributed by atoms with van der Waals surface area (Å²) in [4.78, 5) is 0. The van der Waals surface area contributed by atoms with Crippen molar-refractivity contribution in [3.63, 3.8) is 0 Å². The van der Waals surface area contributed by atoms with Gasteiger partial charge in [-0.15, -0.1) is 12.3 Å². The highest BCUT2D eigenvalue weighted by Crippen LogP contribution is 2.04. The molecule has 0 saturated carbocycles. The predicted molar refractivity (Wildman–Crippen MR) is 133 cm³/mol. The van der Waals surface area contributed by atoms with Crippen LogP contribution in [0, 0.1) is 12.3 Å². The van der Waals surface area contributed by atoms with Gasteiger partial charge in [-0.05, 0) is 25.1 Å². The monoisotopic (exact) mass is 453 g/mol. The highest BCUT2D eigenvalue weighted by molar-refractivity contribution is 7.80. The van der Waals surface area contributed by atoms with Crippen LogP contribution in [0.4, 0.5) is 0 Å². The van der Waals surface area contributed by atoms with Crippen molar-refractivity contribution >= 4 is 17.3 Å². The Morgan fingerprint density at radius 3 is 1.71 bits per heavy atom. The molecule has 3 saturated heterocycles. The number of fused-ring (bicyclic) bond motifs is 15. The van der Waals surface area contributed by atoms with E-state index in [0.717, 1.165) is 104 Å². The lowest BCUT2D eigenvalue weighted by molar-refractivity contribution is 0.298. The minimum atomic E-state index is -0.308. The van der Waals surface area contributed by atoms with Gasteiger partial charge in [0.25, 0.3) is 0 Å². The van der Waals surface area contributed by atoms with Gasteiger partial charge in [0.1, 0.15) is 0 Å². The molecular formula is C21H43N9S. The van der Waals surface area contributed by atoms with E-state index in [9.17, 15) is 0 Å². The van der Waals surface area contributed by atoms with Crippen LogP contribution in [0.5, 0.6) is 0 Å². The second-order valence-corrected chi connectivity index (χ2v) is 9.15. The molecule has 3 fully saturated rings. The molecule has 0 unspecified atom stereocenters. The number of thiocarbonyl (C=S) groups is 1. The Balaban J connectivity index is 2.01. The molecule has 2 bridgehead atoms. The van der Waals surface area contributed by atoms with Gasteiger partial charge in [0.15, 0.2) is 5.11 Å². The lowest BCUT2D eigenvalue weighted by Crippen LogP contribution is -2.68. The van der Waals surface area contributed by atoms with Crippen LogP contribution in [0.25, 0.3) is 0 Å². The topological polar surface area (TPSA) is 122 Å². The van der Waals surface area contributed by atoms with E-state index < -0.39 is 0 Å². The standard InChI is InChI=1S/C21H43N9S/c1-2-3-4-5-6-29-19(31)30-21-16-26-10-7-23-13-20(22,14-24-8-11-27-17-21)15-25-9-12-28-18-21/h1,23-28H,3-18,22H2,(H2,29,30,31). The highest BCUT2D eigenvalue weighted by atomic mass is 32.1. The van der Waals surface area contributed by atoms with Crippen LogP contribution in [0.2, 0.25) is 0 Å². The van der Waals surface area contributed by atoms with Crippen molar-refractivity contribution < 1.29 is 0 Å². The van der Waals surface area contributed by atoms with E-state index in [2.05, 4.69) is 48.5 Å². The zero-order chi connectivity index (χ0) is 22.3. The zero-order valence-corrected chi connectivity index (χ0v) is 19.7. The van der Waals surface area contributed by atoms with Gasteiger partial charge in [0.05, 0.1) is 11.1 Å². The van der Waals surface area contributed by atoms with Crippen molar-refractivity contribution in [2.45, 2.75) is 30.3 Å². The van der Waals surface area contributed by atoms with Crippen LogP contribution in [-0.2, 0) is 0 Å². The summed E-state index contributed by atoms with van der Waals surface area (Å²) in [5.41, 5.74) is 6.10. The molecule has 0 aromatic rings. The number of rotatable bonds is 5. The second-order valence-electron chi connectivity index (χ2n) is 8.75. The summed E-state index contributed by atoms with van der Waals surface area (Å²) < 4.78 is 0. The highest BCUT2D eigenvalue weighted by Gasteiger charge is 2.31. The minimum Gasteiger partial charge on any atom is -0.363 e. The summed E-state index contributed by atoms with van der Waals surface area (Å²) >= 11 is 5.63. The Hall–Kier alpha value is -1.03. The smallest absolute Gasteiger partial charge is 0.166 e. The Bertz CT molecular complexity index is 508. The summed E-state index contributed by atoms with van der Waals surface area (Å²) in [6.45, 7) is 10.7. The first-order valence-electron chi connectivity index (χ1n) is 11.6. The number of hydrogen-bond acceptors (Lipinski definition) is 8. The van der Waals surface area contributed by atoms with Crippen LogP contribution in [0.15, 0.2) is 0 Å². The average Bonchev–Trinajstić information content (AvgIpc) is 2.75. The van der Waals surface area contributed by atoms with Gasteiger partial charge in [-0.3, -0.25) is 0 Å². The zero-order valence-electron chi connectivity index (χ0n) is 18.9. The first kappa shape index (κ1) is 26.2. The van der Waals surface area contributed by atoms with Crippen LogP contribution >= 0.6 is 12.2 Å². The van der Waals surface area contributed by atoms with Crippen molar-refractivity contribution in [3.05, 3.63) is 0 Å². The maximum absolute atomic E-state index is 6.65. The fourth-order valence-electron chi connectivity index (χ4n) is 3.87. The number of nitrogens with two attached hydrogens (primary N) is 1. The van der Waals surface area contributed by atoms with E-state index in [4.69, 9.17) is 24.4 Å². The van der Waals surface area contributed by atoms with Gasteiger partial charge in [0, 0.05) is 91.5 Å². The SMILES string of the molecule is C#CCCCCNC(=S)NC12CNCCNCC(N)(CNCCNC1)CNCCNC2. The molecule has 0 amide bonds. The second kappa shape index (κ2) is 14.9. The Morgan fingerprint density at radius 1 is 0.806 bits per heavy atom. The fraction of sp³-hybridized carbons (Fsp3) is 0.857. The van der Waals surface area contributed by atoms with Crippen LogP contribution < -0.4 is 48.3 Å². The Kier molecular flexibility index (Phi) is 12.6. The summed E-state index contributed by atoms with van der Waals surface area (Å²) in [7, 11) is 0. The molecule has 0 spiro atoms. The number of nitrogens with one attached hydrogen (secondary N) is 8. The summed E-state index contributed by atoms with van der Waals surface area (Å²) in [5.74, 6) is 2.68. The molecule has 31 heavy (non-hydrogen) atoms. The normalized spacial score (nSPS) is 29.3. The largest absolute Gasteiger partial charge is 0.363 e.